The van der Waals surface area contributed by atoms with Crippen LogP contribution in [0.1, 0.15) is 31.7 Å². The van der Waals surface area contributed by atoms with Gasteiger partial charge in [0.1, 0.15) is 0 Å². The lowest BCUT2D eigenvalue weighted by atomic mass is 9.57. The highest BCUT2D eigenvalue weighted by Crippen LogP contribution is 2.68. The molecule has 134 valence electrons. The molecule has 3 saturated heterocycles. The number of nitrogens with zero attached hydrogens (tertiary/aromatic N) is 1. The molecule has 4 heterocycles. The first-order valence-corrected chi connectivity index (χ1v) is 9.21. The van der Waals surface area contributed by atoms with E-state index in [2.05, 4.69) is 28.6 Å². The van der Waals surface area contributed by atoms with E-state index >= 15 is 0 Å². The molecule has 0 aromatic heterocycles. The summed E-state index contributed by atoms with van der Waals surface area (Å²) < 4.78 is 5.16. The van der Waals surface area contributed by atoms with Crippen molar-refractivity contribution in [2.24, 2.45) is 5.92 Å². The van der Waals surface area contributed by atoms with Crippen LogP contribution in [0.3, 0.4) is 0 Å². The quantitative estimate of drug-likeness (QED) is 0.820. The lowest BCUT2D eigenvalue weighted by Crippen LogP contribution is -2.61. The fourth-order valence-electron chi connectivity index (χ4n) is 6.43. The molecule has 4 bridgehead atoms. The summed E-state index contributed by atoms with van der Waals surface area (Å²) in [7, 11) is 1.41. The number of esters is 1. The lowest BCUT2D eigenvalue weighted by molar-refractivity contribution is -0.257. The lowest BCUT2D eigenvalue weighted by Gasteiger charge is -2.51. The molecule has 1 aliphatic carbocycles. The van der Waals surface area contributed by atoms with Crippen molar-refractivity contribution in [3.05, 3.63) is 41.1 Å². The Morgan fingerprint density at radius 3 is 2.88 bits per heavy atom. The third kappa shape index (κ3) is 1.35. The minimum atomic E-state index is -0.930. The van der Waals surface area contributed by atoms with E-state index in [9.17, 15) is 9.59 Å². The fraction of sp³-hybridized carbons (Fsp3) is 0.500. The van der Waals surface area contributed by atoms with Crippen LogP contribution in [0.5, 0.6) is 0 Å². The Morgan fingerprint density at radius 1 is 1.31 bits per heavy atom. The van der Waals surface area contributed by atoms with Crippen LogP contribution in [-0.4, -0.2) is 41.6 Å². The van der Waals surface area contributed by atoms with Crippen molar-refractivity contribution in [2.75, 3.05) is 12.4 Å². The number of Topliss-reactive ketones (excluding diaryl/α,β-unsaturated/α-hetero) is 1. The van der Waals surface area contributed by atoms with Crippen molar-refractivity contribution in [1.82, 2.24) is 5.06 Å². The van der Waals surface area contributed by atoms with Gasteiger partial charge in [0, 0.05) is 29.8 Å². The Bertz CT molecular complexity index is 920. The highest BCUT2D eigenvalue weighted by atomic mass is 16.7. The van der Waals surface area contributed by atoms with Crippen LogP contribution in [0.2, 0.25) is 0 Å². The van der Waals surface area contributed by atoms with Crippen molar-refractivity contribution >= 4 is 17.4 Å². The minimum Gasteiger partial charge on any atom is -0.466 e. The predicted molar refractivity (Wildman–Crippen MR) is 92.0 cm³/mol. The zero-order chi connectivity index (χ0) is 17.8. The summed E-state index contributed by atoms with van der Waals surface area (Å²) in [6.07, 6.45) is 2.26. The van der Waals surface area contributed by atoms with Gasteiger partial charge in [-0.25, -0.2) is 4.79 Å². The second-order valence-electron chi connectivity index (χ2n) is 8.19. The number of para-hydroxylation sites is 1. The van der Waals surface area contributed by atoms with Gasteiger partial charge in [0.15, 0.2) is 11.4 Å². The summed E-state index contributed by atoms with van der Waals surface area (Å²) in [6, 6.07) is 8.62. The van der Waals surface area contributed by atoms with Crippen molar-refractivity contribution in [3.8, 4) is 0 Å². The van der Waals surface area contributed by atoms with E-state index in [0.29, 0.717) is 12.0 Å². The smallest absolute Gasteiger partial charge is 0.335 e. The first kappa shape index (κ1) is 14.9. The summed E-state index contributed by atoms with van der Waals surface area (Å²) in [6.45, 7) is 1.58. The molecular weight excluding hydrogens is 332 g/mol. The maximum absolute atomic E-state index is 12.9. The second-order valence-corrected chi connectivity index (χ2v) is 8.19. The molecule has 6 heteroatoms. The van der Waals surface area contributed by atoms with Gasteiger partial charge in [-0.1, -0.05) is 18.2 Å². The summed E-state index contributed by atoms with van der Waals surface area (Å²) >= 11 is 0. The zero-order valence-corrected chi connectivity index (χ0v) is 14.7. The molecule has 0 saturated carbocycles. The Kier molecular flexibility index (Phi) is 2.51. The van der Waals surface area contributed by atoms with Gasteiger partial charge in [0.25, 0.3) is 0 Å². The number of ether oxygens (including phenoxy) is 1. The van der Waals surface area contributed by atoms with Gasteiger partial charge in [-0.05, 0) is 31.4 Å². The van der Waals surface area contributed by atoms with E-state index in [0.717, 1.165) is 24.2 Å². The highest BCUT2D eigenvalue weighted by molar-refractivity contribution is 5.97. The number of methoxy groups -OCH3 is 1. The third-order valence-electron chi connectivity index (χ3n) is 7.36. The first-order valence-electron chi connectivity index (χ1n) is 9.21. The predicted octanol–water partition coefficient (Wildman–Crippen LogP) is 1.92. The molecule has 1 N–H and O–H groups in total. The monoisotopic (exact) mass is 352 g/mol. The van der Waals surface area contributed by atoms with E-state index in [-0.39, 0.29) is 35.2 Å². The standard InChI is InChI=1S/C20H20N2O4/c1-10(23)20-9-11-8-19-12-5-3-4-6-14(12)21-17(19)16(18(24)25-2)13(20)7-15(19)22(11)26-20/h3-6,11,13,15,21H,7-9H2,1-2H3/t11-,13+,15-,19+,20+/m0/s1. The van der Waals surface area contributed by atoms with Crippen LogP contribution in [0.25, 0.3) is 0 Å². The van der Waals surface area contributed by atoms with Crippen molar-refractivity contribution < 1.29 is 19.2 Å². The Hall–Kier alpha value is -2.18. The van der Waals surface area contributed by atoms with E-state index in [1.54, 1.807) is 6.92 Å². The van der Waals surface area contributed by atoms with Crippen molar-refractivity contribution in [2.45, 2.75) is 49.3 Å². The number of hydroxylamine groups is 2. The van der Waals surface area contributed by atoms with Crippen LogP contribution in [0.15, 0.2) is 35.5 Å². The van der Waals surface area contributed by atoms with E-state index < -0.39 is 5.60 Å². The third-order valence-corrected chi connectivity index (χ3v) is 7.36. The zero-order valence-electron chi connectivity index (χ0n) is 14.7. The van der Waals surface area contributed by atoms with Crippen LogP contribution in [0.4, 0.5) is 5.69 Å². The van der Waals surface area contributed by atoms with Crippen LogP contribution < -0.4 is 5.32 Å². The van der Waals surface area contributed by atoms with Gasteiger partial charge >= 0.3 is 5.97 Å². The van der Waals surface area contributed by atoms with Gasteiger partial charge in [0.05, 0.1) is 24.1 Å². The second kappa shape index (κ2) is 4.38. The highest BCUT2D eigenvalue weighted by Gasteiger charge is 2.74. The number of carbonyl (C=O) groups excluding carboxylic acids is 2. The largest absolute Gasteiger partial charge is 0.466 e. The van der Waals surface area contributed by atoms with Gasteiger partial charge in [0.2, 0.25) is 0 Å². The number of hydrogen-bond acceptors (Lipinski definition) is 6. The van der Waals surface area contributed by atoms with E-state index in [4.69, 9.17) is 9.57 Å². The Morgan fingerprint density at radius 2 is 2.12 bits per heavy atom. The molecule has 1 aromatic rings. The summed E-state index contributed by atoms with van der Waals surface area (Å²) in [5, 5.41) is 5.61. The molecular formula is C20H20N2O4. The average Bonchev–Trinajstić information content (AvgIpc) is 3.24. The van der Waals surface area contributed by atoms with Gasteiger partial charge in [-0.15, -0.1) is 0 Å². The van der Waals surface area contributed by atoms with Crippen LogP contribution in [0, 0.1) is 5.92 Å². The Balaban J connectivity index is 1.69. The molecule has 4 aliphatic heterocycles. The topological polar surface area (TPSA) is 67.9 Å². The number of fused-ring (bicyclic) bond motifs is 4. The number of hydrogen-bond donors (Lipinski definition) is 1. The van der Waals surface area contributed by atoms with Crippen LogP contribution >= 0.6 is 0 Å². The molecule has 0 radical (unpaired) electrons. The number of rotatable bonds is 2. The molecule has 26 heavy (non-hydrogen) atoms. The molecule has 5 aliphatic rings. The molecule has 6 rings (SSSR count). The summed E-state index contributed by atoms with van der Waals surface area (Å²) in [4.78, 5) is 31.8. The van der Waals surface area contributed by atoms with E-state index in [1.807, 2.05) is 6.07 Å². The number of nitrogens with one attached hydrogen (secondary N) is 1. The molecule has 5 atom stereocenters. The maximum atomic E-state index is 12.9. The number of anilines is 1. The van der Waals surface area contributed by atoms with E-state index in [1.165, 1.54) is 12.7 Å². The fourth-order valence-corrected chi connectivity index (χ4v) is 6.43. The SMILES string of the molecule is COC(=O)C1=C2Nc3ccccc3[C@@]23C[C@H]2C[C@]4(C(C)=O)ON2[C@H]3C[C@H]14. The number of benzene rings is 1. The minimum absolute atomic E-state index is 0.000337. The molecule has 6 nitrogen and oxygen atoms in total. The van der Waals surface area contributed by atoms with Gasteiger partial charge in [-0.2, -0.15) is 5.06 Å². The first-order chi connectivity index (χ1) is 12.5. The maximum Gasteiger partial charge on any atom is 0.335 e. The molecule has 1 spiro atoms. The molecule has 0 unspecified atom stereocenters. The molecule has 0 amide bonds. The van der Waals surface area contributed by atoms with Crippen LogP contribution in [-0.2, 0) is 24.6 Å². The van der Waals surface area contributed by atoms with Crippen molar-refractivity contribution in [3.63, 3.8) is 0 Å². The van der Waals surface area contributed by atoms with Crippen molar-refractivity contribution in [1.29, 1.82) is 0 Å². The normalized spacial score (nSPS) is 41.1. The van der Waals surface area contributed by atoms with Gasteiger partial charge in [-0.3, -0.25) is 9.63 Å². The Labute approximate surface area is 151 Å². The summed E-state index contributed by atoms with van der Waals surface area (Å²) in [5.41, 5.74) is 2.62. The van der Waals surface area contributed by atoms with Gasteiger partial charge < -0.3 is 10.1 Å². The average molecular weight is 352 g/mol. The molecule has 3 fully saturated rings. The summed E-state index contributed by atoms with van der Waals surface area (Å²) in [5.74, 6) is -0.611. The molecule has 1 aromatic carbocycles. The number of carbonyl (C=O) groups is 2. The number of ketones is 1.